The van der Waals surface area contributed by atoms with Crippen molar-refractivity contribution >= 4 is 17.5 Å². The molecule has 1 saturated carbocycles. The van der Waals surface area contributed by atoms with E-state index in [2.05, 4.69) is 11.4 Å². The summed E-state index contributed by atoms with van der Waals surface area (Å²) in [6, 6.07) is 16.1. The fraction of sp³-hybridized carbons (Fsp3) is 0.364. The molecule has 2 atom stereocenters. The quantitative estimate of drug-likeness (QED) is 0.922. The van der Waals surface area contributed by atoms with Crippen molar-refractivity contribution in [1.82, 2.24) is 5.32 Å². The molecule has 0 radical (unpaired) electrons. The number of carbonyl (C=O) groups is 2. The highest BCUT2D eigenvalue weighted by Crippen LogP contribution is 2.42. The summed E-state index contributed by atoms with van der Waals surface area (Å²) in [5, 5.41) is 3.00. The molecule has 2 aliphatic rings. The molecule has 0 saturated heterocycles. The maximum Gasteiger partial charge on any atom is 0.230 e. The first-order chi connectivity index (χ1) is 12.6. The van der Waals surface area contributed by atoms with Crippen molar-refractivity contribution in [3.05, 3.63) is 65.2 Å². The van der Waals surface area contributed by atoms with E-state index in [1.807, 2.05) is 54.3 Å². The van der Waals surface area contributed by atoms with Crippen molar-refractivity contribution in [2.45, 2.75) is 32.7 Å². The Morgan fingerprint density at radius 2 is 1.85 bits per heavy atom. The summed E-state index contributed by atoms with van der Waals surface area (Å²) in [4.78, 5) is 27.3. The molecule has 2 amide bonds. The summed E-state index contributed by atoms with van der Waals surface area (Å²) in [7, 11) is 0. The van der Waals surface area contributed by atoms with Crippen LogP contribution < -0.4 is 10.2 Å². The predicted molar refractivity (Wildman–Crippen MR) is 102 cm³/mol. The summed E-state index contributed by atoms with van der Waals surface area (Å²) in [6.45, 7) is 3.32. The van der Waals surface area contributed by atoms with Crippen LogP contribution in [-0.2, 0) is 22.6 Å². The molecule has 0 bridgehead atoms. The molecule has 1 heterocycles. The van der Waals surface area contributed by atoms with Crippen molar-refractivity contribution in [3.8, 4) is 0 Å². The van der Waals surface area contributed by atoms with Crippen LogP contribution >= 0.6 is 0 Å². The maximum atomic E-state index is 12.9. The van der Waals surface area contributed by atoms with Crippen LogP contribution in [0.1, 0.15) is 29.5 Å². The molecule has 4 nitrogen and oxygen atoms in total. The van der Waals surface area contributed by atoms with Crippen LogP contribution in [0.25, 0.3) is 0 Å². The molecular formula is C22H24N2O2. The summed E-state index contributed by atoms with van der Waals surface area (Å²) in [6.07, 6.45) is 2.67. The van der Waals surface area contributed by atoms with Gasteiger partial charge in [-0.1, -0.05) is 42.5 Å². The average Bonchev–Trinajstić information content (AvgIpc) is 3.47. The Balaban J connectivity index is 1.37. The second kappa shape index (κ2) is 6.94. The zero-order valence-electron chi connectivity index (χ0n) is 15.1. The van der Waals surface area contributed by atoms with Crippen LogP contribution in [0.3, 0.4) is 0 Å². The van der Waals surface area contributed by atoms with Gasteiger partial charge in [0.2, 0.25) is 11.8 Å². The van der Waals surface area contributed by atoms with Gasteiger partial charge in [0.15, 0.2) is 0 Å². The molecule has 2 aromatic carbocycles. The van der Waals surface area contributed by atoms with Gasteiger partial charge in [-0.3, -0.25) is 9.59 Å². The highest BCUT2D eigenvalue weighted by atomic mass is 16.2. The summed E-state index contributed by atoms with van der Waals surface area (Å²) in [5.41, 5.74) is 4.54. The van der Waals surface area contributed by atoms with E-state index in [0.717, 1.165) is 30.6 Å². The van der Waals surface area contributed by atoms with E-state index in [0.29, 0.717) is 13.0 Å². The van der Waals surface area contributed by atoms with Gasteiger partial charge >= 0.3 is 0 Å². The molecule has 0 aromatic heterocycles. The molecule has 4 rings (SSSR count). The van der Waals surface area contributed by atoms with Crippen LogP contribution in [0.4, 0.5) is 5.69 Å². The number of rotatable bonds is 4. The van der Waals surface area contributed by atoms with E-state index in [1.54, 1.807) is 0 Å². The molecule has 4 heteroatoms. The third-order valence-electron chi connectivity index (χ3n) is 5.54. The van der Waals surface area contributed by atoms with E-state index < -0.39 is 0 Å². The topological polar surface area (TPSA) is 49.4 Å². The minimum atomic E-state index is -0.180. The number of hydrogen-bond donors (Lipinski definition) is 1. The fourth-order valence-corrected chi connectivity index (χ4v) is 3.84. The lowest BCUT2D eigenvalue weighted by atomic mass is 10.0. The van der Waals surface area contributed by atoms with Crippen LogP contribution in [-0.4, -0.2) is 18.4 Å². The van der Waals surface area contributed by atoms with Gasteiger partial charge in [0.1, 0.15) is 0 Å². The first kappa shape index (κ1) is 16.8. The van der Waals surface area contributed by atoms with Gasteiger partial charge in [-0.15, -0.1) is 0 Å². The number of anilines is 1. The normalized spacial score (nSPS) is 21.0. The number of amides is 2. The second-order valence-corrected chi connectivity index (χ2v) is 7.32. The molecular weight excluding hydrogens is 324 g/mol. The zero-order chi connectivity index (χ0) is 18.1. The highest BCUT2D eigenvalue weighted by molar-refractivity contribution is 6.01. The van der Waals surface area contributed by atoms with Crippen molar-refractivity contribution in [1.29, 1.82) is 0 Å². The minimum Gasteiger partial charge on any atom is -0.352 e. The van der Waals surface area contributed by atoms with E-state index in [1.165, 1.54) is 11.1 Å². The number of nitrogens with zero attached hydrogens (tertiary/aromatic N) is 1. The van der Waals surface area contributed by atoms with Gasteiger partial charge < -0.3 is 10.2 Å². The number of aryl methyl sites for hydroxylation is 2. The van der Waals surface area contributed by atoms with Crippen molar-refractivity contribution in [3.63, 3.8) is 0 Å². The van der Waals surface area contributed by atoms with Gasteiger partial charge in [0.25, 0.3) is 0 Å². The van der Waals surface area contributed by atoms with E-state index in [-0.39, 0.29) is 23.7 Å². The van der Waals surface area contributed by atoms with Crippen molar-refractivity contribution in [2.24, 2.45) is 11.8 Å². The molecule has 1 N–H and O–H groups in total. The first-order valence-corrected chi connectivity index (χ1v) is 9.36. The molecule has 26 heavy (non-hydrogen) atoms. The first-order valence-electron chi connectivity index (χ1n) is 9.36. The summed E-state index contributed by atoms with van der Waals surface area (Å²) < 4.78 is 0. The monoisotopic (exact) mass is 348 g/mol. The third-order valence-corrected chi connectivity index (χ3v) is 5.54. The predicted octanol–water partition coefficient (Wildman–Crippen LogP) is 3.23. The van der Waals surface area contributed by atoms with Crippen LogP contribution in [0.2, 0.25) is 0 Å². The van der Waals surface area contributed by atoms with E-state index >= 15 is 0 Å². The molecule has 1 fully saturated rings. The highest BCUT2D eigenvalue weighted by Gasteiger charge is 2.50. The Labute approximate surface area is 154 Å². The van der Waals surface area contributed by atoms with Gasteiger partial charge in [-0.05, 0) is 48.9 Å². The molecule has 134 valence electrons. The number of nitrogens with one attached hydrogen (secondary N) is 1. The lowest BCUT2D eigenvalue weighted by molar-refractivity contribution is -0.126. The van der Waals surface area contributed by atoms with Gasteiger partial charge in [-0.25, -0.2) is 0 Å². The summed E-state index contributed by atoms with van der Waals surface area (Å²) >= 11 is 0. The lowest BCUT2D eigenvalue weighted by Crippen LogP contribution is -2.37. The van der Waals surface area contributed by atoms with E-state index in [9.17, 15) is 9.59 Å². The largest absolute Gasteiger partial charge is 0.352 e. The summed E-state index contributed by atoms with van der Waals surface area (Å²) in [5.74, 6) is -0.247. The SMILES string of the molecule is Cc1ccccc1CNC(=O)C1CC1C(=O)N1CCCc2ccccc21. The number of carbonyl (C=O) groups excluding carboxylic acids is 2. The fourth-order valence-electron chi connectivity index (χ4n) is 3.84. The molecule has 1 aliphatic carbocycles. The Hall–Kier alpha value is -2.62. The molecule has 0 spiro atoms. The Bertz CT molecular complexity index is 846. The lowest BCUT2D eigenvalue weighted by Gasteiger charge is -2.29. The second-order valence-electron chi connectivity index (χ2n) is 7.32. The number of benzene rings is 2. The molecule has 2 aromatic rings. The average molecular weight is 348 g/mol. The van der Waals surface area contributed by atoms with Gasteiger partial charge in [-0.2, -0.15) is 0 Å². The third kappa shape index (κ3) is 3.24. The van der Waals surface area contributed by atoms with Gasteiger partial charge in [0, 0.05) is 18.8 Å². The Kier molecular flexibility index (Phi) is 4.49. The maximum absolute atomic E-state index is 12.9. The number of para-hydroxylation sites is 1. The van der Waals surface area contributed by atoms with Gasteiger partial charge in [0.05, 0.1) is 11.8 Å². The molecule has 1 aliphatic heterocycles. The Morgan fingerprint density at radius 1 is 1.08 bits per heavy atom. The van der Waals surface area contributed by atoms with Crippen LogP contribution in [0.15, 0.2) is 48.5 Å². The smallest absolute Gasteiger partial charge is 0.230 e. The van der Waals surface area contributed by atoms with Crippen molar-refractivity contribution in [2.75, 3.05) is 11.4 Å². The van der Waals surface area contributed by atoms with Crippen molar-refractivity contribution < 1.29 is 9.59 Å². The van der Waals surface area contributed by atoms with Crippen LogP contribution in [0, 0.1) is 18.8 Å². The Morgan fingerprint density at radius 3 is 2.69 bits per heavy atom. The van der Waals surface area contributed by atoms with Crippen LogP contribution in [0.5, 0.6) is 0 Å². The number of hydrogen-bond acceptors (Lipinski definition) is 2. The standard InChI is InChI=1S/C22H24N2O2/c1-15-7-2-3-9-17(15)14-23-21(25)18-13-19(18)22(26)24-12-6-10-16-8-4-5-11-20(16)24/h2-5,7-9,11,18-19H,6,10,12-14H2,1H3,(H,23,25). The zero-order valence-corrected chi connectivity index (χ0v) is 15.1. The number of fused-ring (bicyclic) bond motifs is 1. The molecule has 2 unspecified atom stereocenters. The minimum absolute atomic E-state index is 0.00287. The van der Waals surface area contributed by atoms with E-state index in [4.69, 9.17) is 0 Å².